The predicted molar refractivity (Wildman–Crippen MR) is 38.9 cm³/mol. The smallest absolute Gasteiger partial charge is 0.0553 e. The molecule has 10 heavy (non-hydrogen) atoms. The molecule has 1 aliphatic heterocycles. The van der Waals surface area contributed by atoms with Gasteiger partial charge in [0.05, 0.1) is 13.2 Å². The molecule has 0 saturated carbocycles. The highest BCUT2D eigenvalue weighted by molar-refractivity contribution is 4.86. The summed E-state index contributed by atoms with van der Waals surface area (Å²) >= 11 is 0. The van der Waals surface area contributed by atoms with Crippen molar-refractivity contribution in [2.45, 2.75) is 6.42 Å². The molecule has 1 atom stereocenters. The Morgan fingerprint density at radius 3 is 2.90 bits per heavy atom. The topological polar surface area (TPSA) is 41.5 Å². The van der Waals surface area contributed by atoms with Gasteiger partial charge in [0.15, 0.2) is 0 Å². The summed E-state index contributed by atoms with van der Waals surface area (Å²) in [5, 5.41) is 12.2. The predicted octanol–water partition coefficient (Wildman–Crippen LogP) is -0.395. The van der Waals surface area contributed by atoms with Gasteiger partial charge in [-0.3, -0.25) is 0 Å². The van der Waals surface area contributed by atoms with Crippen LogP contribution in [0.15, 0.2) is 0 Å². The second-order valence-electron chi connectivity index (χ2n) is 3.02. The fraction of sp³-hybridized carbons (Fsp3) is 1.00. The summed E-state index contributed by atoms with van der Waals surface area (Å²) in [5.41, 5.74) is 0.00868. The number of hydrogen-bond donors (Lipinski definition) is 2. The molecule has 0 bridgehead atoms. The van der Waals surface area contributed by atoms with Gasteiger partial charge in [-0.1, -0.05) is 0 Å². The van der Waals surface area contributed by atoms with Crippen LogP contribution >= 0.6 is 0 Å². The van der Waals surface area contributed by atoms with Crippen LogP contribution in [-0.4, -0.2) is 38.5 Å². The lowest BCUT2D eigenvalue weighted by atomic mass is 9.89. The summed E-state index contributed by atoms with van der Waals surface area (Å²) in [6, 6.07) is 0. The highest BCUT2D eigenvalue weighted by atomic mass is 16.5. The summed E-state index contributed by atoms with van der Waals surface area (Å²) in [6.07, 6.45) is 1.03. The number of nitrogens with one attached hydrogen (secondary N) is 1. The molecule has 3 heteroatoms. The van der Waals surface area contributed by atoms with Gasteiger partial charge in [-0.15, -0.1) is 0 Å². The van der Waals surface area contributed by atoms with E-state index in [1.165, 1.54) is 0 Å². The monoisotopic (exact) mass is 145 g/mol. The number of hydrogen-bond acceptors (Lipinski definition) is 3. The van der Waals surface area contributed by atoms with Crippen molar-refractivity contribution in [3.8, 4) is 0 Å². The molecule has 0 amide bonds. The maximum Gasteiger partial charge on any atom is 0.0553 e. The molecule has 1 unspecified atom stereocenters. The molecule has 1 aliphatic rings. The van der Waals surface area contributed by atoms with Crippen molar-refractivity contribution >= 4 is 0 Å². The summed E-state index contributed by atoms with van der Waals surface area (Å²) in [7, 11) is 1.68. The number of ether oxygens (including phenoxy) is 1. The maximum atomic E-state index is 9.03. The Kier molecular flexibility index (Phi) is 2.65. The van der Waals surface area contributed by atoms with Gasteiger partial charge in [0.1, 0.15) is 0 Å². The third-order valence-electron chi connectivity index (χ3n) is 2.12. The first kappa shape index (κ1) is 7.98. The van der Waals surface area contributed by atoms with E-state index in [2.05, 4.69) is 5.32 Å². The average molecular weight is 145 g/mol. The van der Waals surface area contributed by atoms with Gasteiger partial charge in [-0.25, -0.2) is 0 Å². The zero-order chi connectivity index (χ0) is 7.45. The van der Waals surface area contributed by atoms with Crippen molar-refractivity contribution in [3.63, 3.8) is 0 Å². The van der Waals surface area contributed by atoms with Crippen molar-refractivity contribution < 1.29 is 9.84 Å². The van der Waals surface area contributed by atoms with E-state index in [9.17, 15) is 0 Å². The Labute approximate surface area is 61.4 Å². The first-order valence-electron chi connectivity index (χ1n) is 3.63. The van der Waals surface area contributed by atoms with Gasteiger partial charge in [-0.2, -0.15) is 0 Å². The lowest BCUT2D eigenvalue weighted by molar-refractivity contribution is 0.0435. The SMILES string of the molecule is COCC1(CO)CCNC1. The van der Waals surface area contributed by atoms with Crippen LogP contribution in [0, 0.1) is 5.41 Å². The third-order valence-corrected chi connectivity index (χ3v) is 2.12. The van der Waals surface area contributed by atoms with E-state index in [1.54, 1.807) is 7.11 Å². The van der Waals surface area contributed by atoms with Crippen LogP contribution in [-0.2, 0) is 4.74 Å². The summed E-state index contributed by atoms with van der Waals surface area (Å²) in [4.78, 5) is 0. The van der Waals surface area contributed by atoms with E-state index in [0.717, 1.165) is 19.5 Å². The minimum atomic E-state index is 0.00868. The van der Waals surface area contributed by atoms with Crippen molar-refractivity contribution in [3.05, 3.63) is 0 Å². The van der Waals surface area contributed by atoms with Crippen LogP contribution in [0.2, 0.25) is 0 Å². The minimum absolute atomic E-state index is 0.00868. The van der Waals surface area contributed by atoms with E-state index in [-0.39, 0.29) is 12.0 Å². The highest BCUT2D eigenvalue weighted by Crippen LogP contribution is 2.24. The summed E-state index contributed by atoms with van der Waals surface area (Å²) < 4.78 is 5.02. The van der Waals surface area contributed by atoms with Gasteiger partial charge in [-0.05, 0) is 13.0 Å². The van der Waals surface area contributed by atoms with Crippen LogP contribution in [0.4, 0.5) is 0 Å². The Morgan fingerprint density at radius 2 is 2.50 bits per heavy atom. The zero-order valence-electron chi connectivity index (χ0n) is 6.39. The molecule has 2 N–H and O–H groups in total. The van der Waals surface area contributed by atoms with E-state index in [0.29, 0.717) is 6.61 Å². The quantitative estimate of drug-likeness (QED) is 0.568. The maximum absolute atomic E-state index is 9.03. The molecule has 0 aromatic rings. The molecule has 1 heterocycles. The van der Waals surface area contributed by atoms with Crippen LogP contribution in [0.1, 0.15) is 6.42 Å². The molecule has 1 saturated heterocycles. The molecule has 0 aromatic heterocycles. The normalized spacial score (nSPS) is 33.0. The molecule has 60 valence electrons. The molecule has 0 spiro atoms. The first-order valence-corrected chi connectivity index (χ1v) is 3.63. The molecule has 0 radical (unpaired) electrons. The molecule has 0 aliphatic carbocycles. The number of aliphatic hydroxyl groups excluding tert-OH is 1. The second-order valence-corrected chi connectivity index (χ2v) is 3.02. The van der Waals surface area contributed by atoms with Gasteiger partial charge in [0, 0.05) is 19.1 Å². The average Bonchev–Trinajstić information content (AvgIpc) is 2.39. The summed E-state index contributed by atoms with van der Waals surface area (Å²) in [6.45, 7) is 2.78. The van der Waals surface area contributed by atoms with Crippen LogP contribution in [0.25, 0.3) is 0 Å². The Bertz CT molecular complexity index is 99.8. The fourth-order valence-electron chi connectivity index (χ4n) is 1.41. The Morgan fingerprint density at radius 1 is 1.70 bits per heavy atom. The van der Waals surface area contributed by atoms with Gasteiger partial charge in [0.25, 0.3) is 0 Å². The van der Waals surface area contributed by atoms with E-state index >= 15 is 0 Å². The molecule has 0 aromatic carbocycles. The van der Waals surface area contributed by atoms with E-state index in [4.69, 9.17) is 9.84 Å². The molecule has 1 rings (SSSR count). The van der Waals surface area contributed by atoms with E-state index < -0.39 is 0 Å². The fourth-order valence-corrected chi connectivity index (χ4v) is 1.41. The van der Waals surface area contributed by atoms with Crippen LogP contribution in [0.3, 0.4) is 0 Å². The zero-order valence-corrected chi connectivity index (χ0v) is 6.39. The van der Waals surface area contributed by atoms with Gasteiger partial charge in [0.2, 0.25) is 0 Å². The largest absolute Gasteiger partial charge is 0.396 e. The Hall–Kier alpha value is -0.120. The molecule has 3 nitrogen and oxygen atoms in total. The van der Waals surface area contributed by atoms with Gasteiger partial charge < -0.3 is 15.2 Å². The van der Waals surface area contributed by atoms with Crippen molar-refractivity contribution in [1.82, 2.24) is 5.32 Å². The summed E-state index contributed by atoms with van der Waals surface area (Å²) in [5.74, 6) is 0. The minimum Gasteiger partial charge on any atom is -0.396 e. The van der Waals surface area contributed by atoms with Gasteiger partial charge >= 0.3 is 0 Å². The number of rotatable bonds is 3. The second kappa shape index (κ2) is 3.32. The lowest BCUT2D eigenvalue weighted by Gasteiger charge is -2.23. The lowest BCUT2D eigenvalue weighted by Crippen LogP contribution is -2.32. The van der Waals surface area contributed by atoms with Crippen molar-refractivity contribution in [1.29, 1.82) is 0 Å². The van der Waals surface area contributed by atoms with Crippen LogP contribution < -0.4 is 5.32 Å². The molecule has 1 fully saturated rings. The Balaban J connectivity index is 2.41. The third kappa shape index (κ3) is 1.48. The first-order chi connectivity index (χ1) is 4.83. The standard InChI is InChI=1S/C7H15NO2/c1-10-6-7(5-9)2-3-8-4-7/h8-9H,2-6H2,1H3. The molecular formula is C7H15NO2. The van der Waals surface area contributed by atoms with Crippen LogP contribution in [0.5, 0.6) is 0 Å². The molecular weight excluding hydrogens is 130 g/mol. The number of aliphatic hydroxyl groups is 1. The van der Waals surface area contributed by atoms with Crippen molar-refractivity contribution in [2.24, 2.45) is 5.41 Å². The van der Waals surface area contributed by atoms with Crippen molar-refractivity contribution in [2.75, 3.05) is 33.4 Å². The number of methoxy groups -OCH3 is 1. The van der Waals surface area contributed by atoms with E-state index in [1.807, 2.05) is 0 Å². The highest BCUT2D eigenvalue weighted by Gasteiger charge is 2.32.